The van der Waals surface area contributed by atoms with Crippen LogP contribution < -0.4 is 4.74 Å². The number of hydrogen-bond acceptors (Lipinski definition) is 3. The number of rotatable bonds is 4. The fraction of sp³-hybridized carbons (Fsp3) is 0.250. The molecule has 106 valence electrons. The number of methoxy groups -OCH3 is 1. The Hall–Kier alpha value is -1.81. The van der Waals surface area contributed by atoms with Crippen LogP contribution in [0.15, 0.2) is 53.4 Å². The first-order chi connectivity index (χ1) is 9.45. The first-order valence-corrected chi connectivity index (χ1v) is 7.94. The Morgan fingerprint density at radius 2 is 1.50 bits per heavy atom. The van der Waals surface area contributed by atoms with E-state index in [1.54, 1.807) is 50.4 Å². The van der Waals surface area contributed by atoms with Crippen LogP contribution in [-0.4, -0.2) is 15.5 Å². The monoisotopic (exact) mass is 290 g/mol. The summed E-state index contributed by atoms with van der Waals surface area (Å²) in [5, 5.41) is -0.587. The molecule has 0 bridgehead atoms. The largest absolute Gasteiger partial charge is 0.497 e. The van der Waals surface area contributed by atoms with E-state index in [1.807, 2.05) is 19.1 Å². The third-order valence-corrected chi connectivity index (χ3v) is 5.53. The van der Waals surface area contributed by atoms with Gasteiger partial charge in [-0.05, 0) is 43.7 Å². The van der Waals surface area contributed by atoms with E-state index in [0.717, 1.165) is 11.1 Å². The van der Waals surface area contributed by atoms with E-state index in [1.165, 1.54) is 0 Å². The van der Waals surface area contributed by atoms with Crippen LogP contribution in [0.4, 0.5) is 0 Å². The number of benzene rings is 2. The molecule has 20 heavy (non-hydrogen) atoms. The van der Waals surface area contributed by atoms with Gasteiger partial charge in [-0.15, -0.1) is 0 Å². The number of ether oxygens (including phenoxy) is 1. The molecule has 1 unspecified atom stereocenters. The van der Waals surface area contributed by atoms with Crippen LogP contribution in [-0.2, 0) is 9.84 Å². The van der Waals surface area contributed by atoms with E-state index >= 15 is 0 Å². The van der Waals surface area contributed by atoms with Crippen molar-refractivity contribution in [3.8, 4) is 5.75 Å². The predicted octanol–water partition coefficient (Wildman–Crippen LogP) is 3.54. The second-order valence-corrected chi connectivity index (χ2v) is 7.04. The van der Waals surface area contributed by atoms with Gasteiger partial charge in [-0.25, -0.2) is 8.42 Å². The Morgan fingerprint density at radius 3 is 2.00 bits per heavy atom. The minimum Gasteiger partial charge on any atom is -0.497 e. The molecule has 2 aromatic rings. The molecule has 0 fully saturated rings. The molecule has 0 amide bonds. The van der Waals surface area contributed by atoms with Crippen LogP contribution in [0, 0.1) is 6.92 Å². The zero-order valence-electron chi connectivity index (χ0n) is 11.8. The zero-order valence-corrected chi connectivity index (χ0v) is 12.6. The lowest BCUT2D eigenvalue weighted by Crippen LogP contribution is -2.10. The summed E-state index contributed by atoms with van der Waals surface area (Å²) >= 11 is 0. The molecule has 0 spiro atoms. The molecule has 0 saturated heterocycles. The van der Waals surface area contributed by atoms with Gasteiger partial charge in [0.2, 0.25) is 0 Å². The van der Waals surface area contributed by atoms with Crippen molar-refractivity contribution in [3.63, 3.8) is 0 Å². The van der Waals surface area contributed by atoms with Gasteiger partial charge in [-0.1, -0.05) is 29.8 Å². The summed E-state index contributed by atoms with van der Waals surface area (Å²) in [5.74, 6) is 0.716. The standard InChI is InChI=1S/C16H18O3S/c1-12-4-10-16(11-5-12)20(17,18)13(2)14-6-8-15(19-3)9-7-14/h4-11,13H,1-3H3. The van der Waals surface area contributed by atoms with Gasteiger partial charge in [-0.2, -0.15) is 0 Å². The van der Waals surface area contributed by atoms with Gasteiger partial charge in [0.15, 0.2) is 9.84 Å². The third-order valence-electron chi connectivity index (χ3n) is 3.40. The second-order valence-electron chi connectivity index (χ2n) is 4.77. The highest BCUT2D eigenvalue weighted by atomic mass is 32.2. The first kappa shape index (κ1) is 14.6. The summed E-state index contributed by atoms with van der Waals surface area (Å²) in [4.78, 5) is 0.353. The Kier molecular flexibility index (Phi) is 4.14. The Balaban J connectivity index is 2.35. The average Bonchev–Trinajstić information content (AvgIpc) is 2.47. The molecule has 3 nitrogen and oxygen atoms in total. The normalized spacial score (nSPS) is 12.9. The van der Waals surface area contributed by atoms with Gasteiger partial charge in [0.05, 0.1) is 17.3 Å². The maximum atomic E-state index is 12.6. The molecule has 1 atom stereocenters. The maximum absolute atomic E-state index is 12.6. The highest BCUT2D eigenvalue weighted by Gasteiger charge is 2.24. The van der Waals surface area contributed by atoms with Crippen molar-refractivity contribution in [1.82, 2.24) is 0 Å². The summed E-state index contributed by atoms with van der Waals surface area (Å²) in [5.41, 5.74) is 1.80. The number of aryl methyl sites for hydroxylation is 1. The number of sulfone groups is 1. The highest BCUT2D eigenvalue weighted by Crippen LogP contribution is 2.29. The van der Waals surface area contributed by atoms with Crippen LogP contribution in [0.25, 0.3) is 0 Å². The Morgan fingerprint density at radius 1 is 0.950 bits per heavy atom. The lowest BCUT2D eigenvalue weighted by atomic mass is 10.1. The minimum absolute atomic E-state index is 0.353. The smallest absolute Gasteiger partial charge is 0.185 e. The van der Waals surface area contributed by atoms with E-state index in [4.69, 9.17) is 4.74 Å². The molecule has 0 heterocycles. The highest BCUT2D eigenvalue weighted by molar-refractivity contribution is 7.91. The molecule has 0 radical (unpaired) electrons. The molecule has 0 aliphatic heterocycles. The van der Waals surface area contributed by atoms with Crippen molar-refractivity contribution in [2.45, 2.75) is 24.0 Å². The quantitative estimate of drug-likeness (QED) is 0.865. The van der Waals surface area contributed by atoms with Gasteiger partial charge >= 0.3 is 0 Å². The molecule has 0 aliphatic rings. The topological polar surface area (TPSA) is 43.4 Å². The summed E-state index contributed by atoms with van der Waals surface area (Å²) in [7, 11) is -1.78. The van der Waals surface area contributed by atoms with E-state index in [9.17, 15) is 8.42 Å². The molecule has 4 heteroatoms. The lowest BCUT2D eigenvalue weighted by molar-refractivity contribution is 0.414. The van der Waals surface area contributed by atoms with Crippen molar-refractivity contribution in [3.05, 3.63) is 59.7 Å². The molecule has 0 aromatic heterocycles. The van der Waals surface area contributed by atoms with Crippen molar-refractivity contribution in [2.75, 3.05) is 7.11 Å². The van der Waals surface area contributed by atoms with E-state index in [2.05, 4.69) is 0 Å². The fourth-order valence-electron chi connectivity index (χ4n) is 1.99. The molecule has 2 rings (SSSR count). The lowest BCUT2D eigenvalue weighted by Gasteiger charge is -2.14. The summed E-state index contributed by atoms with van der Waals surface area (Å²) in [6.45, 7) is 3.64. The Bertz CT molecular complexity index is 671. The molecule has 0 N–H and O–H groups in total. The van der Waals surface area contributed by atoms with Gasteiger partial charge in [0.25, 0.3) is 0 Å². The molecular weight excluding hydrogens is 272 g/mol. The maximum Gasteiger partial charge on any atom is 0.185 e. The summed E-state index contributed by atoms with van der Waals surface area (Å²) in [6.07, 6.45) is 0. The van der Waals surface area contributed by atoms with Gasteiger partial charge in [0.1, 0.15) is 5.75 Å². The van der Waals surface area contributed by atoms with Gasteiger partial charge < -0.3 is 4.74 Å². The molecule has 0 saturated carbocycles. The van der Waals surface area contributed by atoms with Gasteiger partial charge in [0, 0.05) is 0 Å². The summed E-state index contributed by atoms with van der Waals surface area (Å²) in [6, 6.07) is 14.1. The second kappa shape index (κ2) is 5.67. The van der Waals surface area contributed by atoms with E-state index < -0.39 is 15.1 Å². The molecule has 0 aliphatic carbocycles. The first-order valence-electron chi connectivity index (χ1n) is 6.39. The Labute approximate surface area is 120 Å². The number of hydrogen-bond donors (Lipinski definition) is 0. The van der Waals surface area contributed by atoms with Crippen molar-refractivity contribution < 1.29 is 13.2 Å². The van der Waals surface area contributed by atoms with Gasteiger partial charge in [-0.3, -0.25) is 0 Å². The van der Waals surface area contributed by atoms with Crippen molar-refractivity contribution >= 4 is 9.84 Å². The van der Waals surface area contributed by atoms with Crippen LogP contribution in [0.1, 0.15) is 23.3 Å². The minimum atomic E-state index is -3.37. The average molecular weight is 290 g/mol. The van der Waals surface area contributed by atoms with Crippen LogP contribution in [0.5, 0.6) is 5.75 Å². The van der Waals surface area contributed by atoms with Crippen molar-refractivity contribution in [1.29, 1.82) is 0 Å². The third kappa shape index (κ3) is 2.85. The predicted molar refractivity (Wildman–Crippen MR) is 79.8 cm³/mol. The summed E-state index contributed by atoms with van der Waals surface area (Å²) < 4.78 is 30.2. The zero-order chi connectivity index (χ0) is 14.8. The van der Waals surface area contributed by atoms with Crippen LogP contribution in [0.2, 0.25) is 0 Å². The van der Waals surface area contributed by atoms with Crippen LogP contribution >= 0.6 is 0 Å². The molecule has 2 aromatic carbocycles. The molecular formula is C16H18O3S. The van der Waals surface area contributed by atoms with Crippen molar-refractivity contribution in [2.24, 2.45) is 0 Å². The SMILES string of the molecule is COc1ccc(C(C)S(=O)(=O)c2ccc(C)cc2)cc1. The van der Waals surface area contributed by atoms with E-state index in [-0.39, 0.29) is 0 Å². The fourth-order valence-corrected chi connectivity index (χ4v) is 3.43. The van der Waals surface area contributed by atoms with Crippen LogP contribution in [0.3, 0.4) is 0 Å². The van der Waals surface area contributed by atoms with E-state index in [0.29, 0.717) is 10.6 Å².